The van der Waals surface area contributed by atoms with Crippen LogP contribution in [0.25, 0.3) is 0 Å². The number of hydrogen-bond acceptors (Lipinski definition) is 6. The van der Waals surface area contributed by atoms with Crippen LogP contribution in [-0.2, 0) is 19.6 Å². The highest BCUT2D eigenvalue weighted by molar-refractivity contribution is 7.99. The van der Waals surface area contributed by atoms with Gasteiger partial charge in [-0.25, -0.2) is 8.42 Å². The molecule has 0 saturated heterocycles. The minimum atomic E-state index is -3.34. The summed E-state index contributed by atoms with van der Waals surface area (Å²) in [7, 11) is -3.34. The Hall–Kier alpha value is -0.600. The van der Waals surface area contributed by atoms with Crippen LogP contribution in [-0.4, -0.2) is 56.7 Å². The molecule has 0 bridgehead atoms. The number of hydrogen-bond donors (Lipinski definition) is 1. The average molecular weight is 283 g/mol. The first-order chi connectivity index (χ1) is 7.95. The molecule has 0 heterocycles. The fourth-order valence-corrected chi connectivity index (χ4v) is 1.83. The van der Waals surface area contributed by atoms with Crippen molar-refractivity contribution in [1.82, 2.24) is 0 Å². The van der Waals surface area contributed by atoms with Crippen molar-refractivity contribution in [3.05, 3.63) is 0 Å². The van der Waals surface area contributed by atoms with Gasteiger partial charge in [0.05, 0.1) is 25.9 Å². The number of aliphatic hydroxyl groups is 1. The Labute approximate surface area is 106 Å². The van der Waals surface area contributed by atoms with E-state index in [0.717, 1.165) is 6.26 Å². The van der Waals surface area contributed by atoms with E-state index >= 15 is 0 Å². The van der Waals surface area contributed by atoms with Gasteiger partial charge in [-0.3, -0.25) is 4.79 Å². The Bertz CT molecular complexity index is 339. The van der Waals surface area contributed by atoms with E-state index in [4.69, 9.17) is 9.84 Å². The second-order valence-electron chi connectivity index (χ2n) is 3.12. The lowest BCUT2D eigenvalue weighted by Gasteiger charge is -2.02. The number of aliphatic hydroxyl groups excluding tert-OH is 1. The van der Waals surface area contributed by atoms with Gasteiger partial charge in [-0.15, -0.1) is 0 Å². The summed E-state index contributed by atoms with van der Waals surface area (Å²) in [5.74, 6) is 0.883. The molecule has 6 nitrogen and oxygen atoms in total. The van der Waals surface area contributed by atoms with Gasteiger partial charge in [0.1, 0.15) is 0 Å². The van der Waals surface area contributed by atoms with Gasteiger partial charge in [0.25, 0.3) is 0 Å². The molecule has 0 spiro atoms. The van der Waals surface area contributed by atoms with Gasteiger partial charge in [-0.1, -0.05) is 0 Å². The minimum absolute atomic E-state index is 0.0989. The molecule has 0 radical (unpaired) electrons. The first-order valence-electron chi connectivity index (χ1n) is 5.03. The molecular weight excluding hydrogens is 266 g/mol. The van der Waals surface area contributed by atoms with Crippen LogP contribution in [0.1, 0.15) is 12.8 Å². The van der Waals surface area contributed by atoms with Crippen molar-refractivity contribution >= 4 is 34.0 Å². The molecule has 17 heavy (non-hydrogen) atoms. The molecule has 0 aromatic carbocycles. The van der Waals surface area contributed by atoms with Crippen molar-refractivity contribution in [2.75, 3.05) is 31.0 Å². The third kappa shape index (κ3) is 13.3. The molecule has 0 aliphatic carbocycles. The lowest BCUT2D eigenvalue weighted by Crippen LogP contribution is -2.07. The van der Waals surface area contributed by atoms with Gasteiger partial charge in [-0.05, 0) is 0 Å². The maximum Gasteiger partial charge on any atom is 0.306 e. The second-order valence-corrected chi connectivity index (χ2v) is 6.02. The molecule has 0 atom stereocenters. The summed E-state index contributed by atoms with van der Waals surface area (Å²) in [6, 6.07) is 0. The van der Waals surface area contributed by atoms with Crippen LogP contribution < -0.4 is 0 Å². The summed E-state index contributed by atoms with van der Waals surface area (Å²) in [6.45, 7) is 0.226. The van der Waals surface area contributed by atoms with E-state index in [9.17, 15) is 13.2 Å². The van der Waals surface area contributed by atoms with Gasteiger partial charge in [-0.2, -0.15) is 16.2 Å². The van der Waals surface area contributed by atoms with E-state index in [1.807, 2.05) is 0 Å². The molecule has 0 unspecified atom stereocenters. The average Bonchev–Trinajstić information content (AvgIpc) is 2.22. The number of esters is 1. The third-order valence-corrected chi connectivity index (χ3v) is 2.96. The van der Waals surface area contributed by atoms with Gasteiger partial charge in [0.15, 0.2) is 0 Å². The summed E-state index contributed by atoms with van der Waals surface area (Å²) in [5, 5.41) is 8.50. The number of sulfonamides is 1. The van der Waals surface area contributed by atoms with Crippen molar-refractivity contribution < 1.29 is 23.1 Å². The monoisotopic (exact) mass is 283 g/mol. The van der Waals surface area contributed by atoms with Gasteiger partial charge >= 0.3 is 5.97 Å². The lowest BCUT2D eigenvalue weighted by molar-refractivity contribution is -0.142. The predicted molar refractivity (Wildman–Crippen MR) is 67.9 cm³/mol. The molecule has 0 saturated carbocycles. The molecule has 0 aromatic rings. The SMILES string of the molecule is CS(=O)(=O)N=CCCOC(=O)CCSCCO. The summed E-state index contributed by atoms with van der Waals surface area (Å²) < 4.78 is 29.3. The van der Waals surface area contributed by atoms with Gasteiger partial charge in [0.2, 0.25) is 10.0 Å². The van der Waals surface area contributed by atoms with E-state index in [-0.39, 0.29) is 32.0 Å². The van der Waals surface area contributed by atoms with Crippen LogP contribution in [0, 0.1) is 0 Å². The molecule has 0 aliphatic rings. The number of thioether (sulfide) groups is 1. The fraction of sp³-hybridized carbons (Fsp3) is 0.778. The second kappa shape index (κ2) is 9.43. The van der Waals surface area contributed by atoms with Crippen molar-refractivity contribution in [3.63, 3.8) is 0 Å². The van der Waals surface area contributed by atoms with Crippen LogP contribution >= 0.6 is 11.8 Å². The van der Waals surface area contributed by atoms with Gasteiger partial charge < -0.3 is 9.84 Å². The largest absolute Gasteiger partial charge is 0.465 e. The van der Waals surface area contributed by atoms with Crippen LogP contribution in [0.5, 0.6) is 0 Å². The highest BCUT2D eigenvalue weighted by atomic mass is 32.2. The van der Waals surface area contributed by atoms with E-state index < -0.39 is 10.0 Å². The fourth-order valence-electron chi connectivity index (χ4n) is 0.808. The summed E-state index contributed by atoms with van der Waals surface area (Å²) >= 11 is 1.47. The first-order valence-corrected chi connectivity index (χ1v) is 8.04. The molecule has 0 amide bonds. The summed E-state index contributed by atoms with van der Waals surface area (Å²) in [6.07, 6.45) is 2.77. The minimum Gasteiger partial charge on any atom is -0.465 e. The molecule has 8 heteroatoms. The number of carbonyl (C=O) groups is 1. The van der Waals surface area contributed by atoms with Crippen molar-refractivity contribution in [1.29, 1.82) is 0 Å². The maximum atomic E-state index is 11.1. The van der Waals surface area contributed by atoms with E-state index in [1.54, 1.807) is 0 Å². The quantitative estimate of drug-likeness (QED) is 0.365. The standard InChI is InChI=1S/C9H17NO5S2/c1-17(13,14)10-4-2-6-15-9(12)3-7-16-8-5-11/h4,11H,2-3,5-8H2,1H3. The lowest BCUT2D eigenvalue weighted by atomic mass is 10.5. The predicted octanol–water partition coefficient (Wildman–Crippen LogP) is 0.0657. The zero-order valence-corrected chi connectivity index (χ0v) is 11.3. The van der Waals surface area contributed by atoms with Crippen LogP contribution in [0.3, 0.4) is 0 Å². The molecule has 1 N–H and O–H groups in total. The zero-order valence-electron chi connectivity index (χ0n) is 9.66. The normalized spacial score (nSPS) is 11.9. The van der Waals surface area contributed by atoms with Crippen molar-refractivity contribution in [2.45, 2.75) is 12.8 Å². The number of nitrogens with zero attached hydrogens (tertiary/aromatic N) is 1. The Balaban J connectivity index is 3.49. The molecule has 0 aromatic heterocycles. The topological polar surface area (TPSA) is 93.0 Å². The third-order valence-electron chi connectivity index (χ3n) is 1.46. The van der Waals surface area contributed by atoms with Crippen LogP contribution in [0.4, 0.5) is 0 Å². The van der Waals surface area contributed by atoms with E-state index in [2.05, 4.69) is 4.40 Å². The molecular formula is C9H17NO5S2. The van der Waals surface area contributed by atoms with E-state index in [0.29, 0.717) is 11.5 Å². The Morgan fingerprint density at radius 2 is 2.18 bits per heavy atom. The maximum absolute atomic E-state index is 11.1. The highest BCUT2D eigenvalue weighted by Crippen LogP contribution is 2.02. The molecule has 0 fully saturated rings. The number of carbonyl (C=O) groups excluding carboxylic acids is 1. The Morgan fingerprint density at radius 1 is 1.47 bits per heavy atom. The first kappa shape index (κ1) is 16.4. The smallest absolute Gasteiger partial charge is 0.306 e. The van der Waals surface area contributed by atoms with Crippen molar-refractivity contribution in [2.24, 2.45) is 4.40 Å². The molecule has 0 aliphatic heterocycles. The zero-order chi connectivity index (χ0) is 13.1. The number of ether oxygens (including phenoxy) is 1. The Kier molecular flexibility index (Phi) is 9.10. The molecule has 0 rings (SSSR count). The van der Waals surface area contributed by atoms with Crippen molar-refractivity contribution in [3.8, 4) is 0 Å². The highest BCUT2D eigenvalue weighted by Gasteiger charge is 2.01. The van der Waals surface area contributed by atoms with Gasteiger partial charge in [0, 0.05) is 24.1 Å². The number of rotatable bonds is 9. The Morgan fingerprint density at radius 3 is 2.76 bits per heavy atom. The van der Waals surface area contributed by atoms with Crippen LogP contribution in [0.15, 0.2) is 4.40 Å². The summed E-state index contributed by atoms with van der Waals surface area (Å²) in [4.78, 5) is 11.1. The summed E-state index contributed by atoms with van der Waals surface area (Å²) in [5.41, 5.74) is 0. The molecule has 100 valence electrons. The van der Waals surface area contributed by atoms with E-state index in [1.165, 1.54) is 18.0 Å². The van der Waals surface area contributed by atoms with Crippen LogP contribution in [0.2, 0.25) is 0 Å².